The number of carbonyl (C=O) groups is 2. The number of amides is 1. The van der Waals surface area contributed by atoms with Crippen molar-refractivity contribution in [3.05, 3.63) is 29.3 Å². The first-order chi connectivity index (χ1) is 9.94. The number of benzene rings is 1. The van der Waals surface area contributed by atoms with E-state index in [0.29, 0.717) is 12.5 Å². The fourth-order valence-corrected chi connectivity index (χ4v) is 2.26. The van der Waals surface area contributed by atoms with Crippen molar-refractivity contribution in [1.82, 2.24) is 4.90 Å². The molecule has 0 heterocycles. The average Bonchev–Trinajstić information content (AvgIpc) is 3.16. The maximum atomic E-state index is 12.1. The summed E-state index contributed by atoms with van der Waals surface area (Å²) in [5.74, 6) is -0.506. The van der Waals surface area contributed by atoms with E-state index < -0.39 is 5.97 Å². The second kappa shape index (κ2) is 6.72. The topological polar surface area (TPSA) is 69.6 Å². The Bertz CT molecular complexity index is 538. The van der Waals surface area contributed by atoms with Crippen LogP contribution in [0.25, 0.3) is 0 Å². The SMILES string of the molecule is Cc1ccc(NC(=O)CN(CC(=O)O)CC2CC2)cc1C. The fraction of sp³-hybridized carbons (Fsp3) is 0.500. The van der Waals surface area contributed by atoms with Crippen LogP contribution in [0.5, 0.6) is 0 Å². The summed E-state index contributed by atoms with van der Waals surface area (Å²) in [7, 11) is 0. The quantitative estimate of drug-likeness (QED) is 0.806. The predicted octanol–water partition coefficient (Wildman–Crippen LogP) is 2.04. The molecule has 0 spiro atoms. The van der Waals surface area contributed by atoms with Crippen molar-refractivity contribution in [3.63, 3.8) is 0 Å². The molecule has 1 saturated carbocycles. The van der Waals surface area contributed by atoms with Gasteiger partial charge >= 0.3 is 5.97 Å². The van der Waals surface area contributed by atoms with Gasteiger partial charge in [0.25, 0.3) is 0 Å². The number of nitrogens with zero attached hydrogens (tertiary/aromatic N) is 1. The van der Waals surface area contributed by atoms with Crippen LogP contribution in [0.4, 0.5) is 5.69 Å². The van der Waals surface area contributed by atoms with Crippen LogP contribution in [0.2, 0.25) is 0 Å². The van der Waals surface area contributed by atoms with Crippen molar-refractivity contribution in [3.8, 4) is 0 Å². The lowest BCUT2D eigenvalue weighted by Crippen LogP contribution is -2.38. The first-order valence-corrected chi connectivity index (χ1v) is 7.25. The van der Waals surface area contributed by atoms with E-state index in [1.165, 1.54) is 5.56 Å². The minimum Gasteiger partial charge on any atom is -0.480 e. The van der Waals surface area contributed by atoms with Gasteiger partial charge in [0.1, 0.15) is 0 Å². The van der Waals surface area contributed by atoms with Crippen LogP contribution in [0.3, 0.4) is 0 Å². The fourth-order valence-electron chi connectivity index (χ4n) is 2.26. The highest BCUT2D eigenvalue weighted by molar-refractivity contribution is 5.92. The monoisotopic (exact) mass is 290 g/mol. The number of hydrogen-bond acceptors (Lipinski definition) is 3. The predicted molar refractivity (Wildman–Crippen MR) is 81.3 cm³/mol. The molecule has 0 saturated heterocycles. The molecule has 21 heavy (non-hydrogen) atoms. The number of hydrogen-bond donors (Lipinski definition) is 2. The van der Waals surface area contributed by atoms with Crippen LogP contribution in [0.15, 0.2) is 18.2 Å². The van der Waals surface area contributed by atoms with E-state index in [-0.39, 0.29) is 19.0 Å². The average molecular weight is 290 g/mol. The van der Waals surface area contributed by atoms with Crippen LogP contribution in [-0.2, 0) is 9.59 Å². The van der Waals surface area contributed by atoms with Crippen LogP contribution in [0.1, 0.15) is 24.0 Å². The molecule has 2 rings (SSSR count). The van der Waals surface area contributed by atoms with E-state index in [1.54, 1.807) is 4.90 Å². The van der Waals surface area contributed by atoms with Crippen molar-refractivity contribution < 1.29 is 14.7 Å². The minimum absolute atomic E-state index is 0.0865. The van der Waals surface area contributed by atoms with E-state index in [1.807, 2.05) is 32.0 Å². The summed E-state index contributed by atoms with van der Waals surface area (Å²) in [6.45, 7) is 4.74. The standard InChI is InChI=1S/C16H22N2O3/c1-11-3-6-14(7-12(11)2)17-15(19)9-18(10-16(20)21)8-13-4-5-13/h3,6-7,13H,4-5,8-10H2,1-2H3,(H,17,19)(H,20,21). The second-order valence-electron chi connectivity index (χ2n) is 5.85. The van der Waals surface area contributed by atoms with E-state index in [2.05, 4.69) is 5.32 Å². The second-order valence-corrected chi connectivity index (χ2v) is 5.85. The van der Waals surface area contributed by atoms with Crippen molar-refractivity contribution in [1.29, 1.82) is 0 Å². The summed E-state index contributed by atoms with van der Waals surface area (Å²) >= 11 is 0. The molecular formula is C16H22N2O3. The number of rotatable bonds is 7. The van der Waals surface area contributed by atoms with Crippen molar-refractivity contribution in [2.45, 2.75) is 26.7 Å². The summed E-state index contributed by atoms with van der Waals surface area (Å²) < 4.78 is 0. The highest BCUT2D eigenvalue weighted by Gasteiger charge is 2.26. The van der Waals surface area contributed by atoms with E-state index in [4.69, 9.17) is 5.11 Å². The van der Waals surface area contributed by atoms with Crippen molar-refractivity contribution in [2.75, 3.05) is 25.0 Å². The minimum atomic E-state index is -0.894. The van der Waals surface area contributed by atoms with Gasteiger partial charge in [-0.2, -0.15) is 0 Å². The third kappa shape index (κ3) is 5.19. The molecule has 5 heteroatoms. The maximum absolute atomic E-state index is 12.1. The number of aryl methyl sites for hydroxylation is 2. The van der Waals surface area contributed by atoms with Gasteiger partial charge < -0.3 is 10.4 Å². The molecule has 0 atom stereocenters. The first kappa shape index (κ1) is 15.5. The third-order valence-electron chi connectivity index (χ3n) is 3.73. The summed E-state index contributed by atoms with van der Waals surface area (Å²) in [6.07, 6.45) is 2.27. The Morgan fingerprint density at radius 1 is 1.24 bits per heavy atom. The Hall–Kier alpha value is -1.88. The number of carbonyl (C=O) groups excluding carboxylic acids is 1. The zero-order valence-corrected chi connectivity index (χ0v) is 12.6. The van der Waals surface area contributed by atoms with Gasteiger partial charge in [0.15, 0.2) is 0 Å². The van der Waals surface area contributed by atoms with Crippen LogP contribution in [0, 0.1) is 19.8 Å². The third-order valence-corrected chi connectivity index (χ3v) is 3.73. The highest BCUT2D eigenvalue weighted by atomic mass is 16.4. The maximum Gasteiger partial charge on any atom is 0.317 e. The van der Waals surface area contributed by atoms with Gasteiger partial charge in [-0.15, -0.1) is 0 Å². The molecule has 0 unspecified atom stereocenters. The smallest absolute Gasteiger partial charge is 0.317 e. The Morgan fingerprint density at radius 3 is 2.52 bits per heavy atom. The molecule has 0 aromatic heterocycles. The summed E-state index contributed by atoms with van der Waals surface area (Å²) in [5.41, 5.74) is 3.05. The van der Waals surface area contributed by atoms with E-state index >= 15 is 0 Å². The lowest BCUT2D eigenvalue weighted by molar-refractivity contribution is -0.138. The van der Waals surface area contributed by atoms with Gasteiger partial charge in [-0.1, -0.05) is 6.07 Å². The highest BCUT2D eigenvalue weighted by Crippen LogP contribution is 2.29. The van der Waals surface area contributed by atoms with E-state index in [9.17, 15) is 9.59 Å². The Balaban J connectivity index is 1.90. The molecule has 1 aromatic rings. The van der Waals surface area contributed by atoms with Crippen molar-refractivity contribution in [2.24, 2.45) is 5.92 Å². The number of carboxylic acid groups (broad SMARTS) is 1. The van der Waals surface area contributed by atoms with E-state index in [0.717, 1.165) is 24.1 Å². The van der Waals surface area contributed by atoms with Crippen LogP contribution < -0.4 is 5.32 Å². The number of aliphatic carboxylic acids is 1. The molecule has 1 aliphatic carbocycles. The molecule has 2 N–H and O–H groups in total. The lowest BCUT2D eigenvalue weighted by Gasteiger charge is -2.19. The van der Waals surface area contributed by atoms with Crippen LogP contribution >= 0.6 is 0 Å². The van der Waals surface area contributed by atoms with Gasteiger partial charge in [-0.05, 0) is 55.9 Å². The van der Waals surface area contributed by atoms with Gasteiger partial charge in [0, 0.05) is 12.2 Å². The summed E-state index contributed by atoms with van der Waals surface area (Å²) in [5, 5.41) is 11.7. The first-order valence-electron chi connectivity index (χ1n) is 7.25. The Labute approximate surface area is 125 Å². The Kier molecular flexibility index (Phi) is 4.96. The molecule has 0 aliphatic heterocycles. The van der Waals surface area contributed by atoms with Gasteiger partial charge in [-0.25, -0.2) is 0 Å². The molecular weight excluding hydrogens is 268 g/mol. The molecule has 0 bridgehead atoms. The largest absolute Gasteiger partial charge is 0.480 e. The molecule has 1 aromatic carbocycles. The molecule has 1 aliphatic rings. The number of nitrogens with one attached hydrogen (secondary N) is 1. The molecule has 1 amide bonds. The van der Waals surface area contributed by atoms with Crippen LogP contribution in [-0.4, -0.2) is 41.5 Å². The number of carboxylic acids is 1. The van der Waals surface area contributed by atoms with Gasteiger partial charge in [0.05, 0.1) is 13.1 Å². The summed E-state index contributed by atoms with van der Waals surface area (Å²) in [4.78, 5) is 24.6. The molecule has 114 valence electrons. The number of anilines is 1. The molecule has 0 radical (unpaired) electrons. The zero-order valence-electron chi connectivity index (χ0n) is 12.6. The van der Waals surface area contributed by atoms with Gasteiger partial charge in [0.2, 0.25) is 5.91 Å². The van der Waals surface area contributed by atoms with Gasteiger partial charge in [-0.3, -0.25) is 14.5 Å². The lowest BCUT2D eigenvalue weighted by atomic mass is 10.1. The zero-order chi connectivity index (χ0) is 15.4. The molecule has 1 fully saturated rings. The normalized spacial score (nSPS) is 14.2. The Morgan fingerprint density at radius 2 is 1.95 bits per heavy atom. The van der Waals surface area contributed by atoms with Crippen molar-refractivity contribution >= 4 is 17.6 Å². The summed E-state index contributed by atoms with van der Waals surface area (Å²) in [6, 6.07) is 5.75. The molecule has 5 nitrogen and oxygen atoms in total.